The van der Waals surface area contributed by atoms with Gasteiger partial charge in [-0.25, -0.2) is 4.98 Å². The molecule has 5 nitrogen and oxygen atoms in total. The van der Waals surface area contributed by atoms with Crippen molar-refractivity contribution in [3.63, 3.8) is 0 Å². The Kier molecular flexibility index (Phi) is 4.89. The van der Waals surface area contributed by atoms with Gasteiger partial charge in [-0.05, 0) is 29.2 Å². The van der Waals surface area contributed by atoms with Gasteiger partial charge in [0.2, 0.25) is 5.91 Å². The minimum absolute atomic E-state index is 0.0664. The second kappa shape index (κ2) is 7.12. The quantitative estimate of drug-likeness (QED) is 0.781. The lowest BCUT2D eigenvalue weighted by Crippen LogP contribution is -2.24. The van der Waals surface area contributed by atoms with Crippen molar-refractivity contribution in [2.75, 3.05) is 5.32 Å². The van der Waals surface area contributed by atoms with Gasteiger partial charge in [-0.15, -0.1) is 0 Å². The molecule has 0 saturated heterocycles. The monoisotopic (exact) mass is 349 g/mol. The molecule has 0 aliphatic heterocycles. The summed E-state index contributed by atoms with van der Waals surface area (Å²) in [6.45, 7) is 6.62. The first-order chi connectivity index (χ1) is 12.4. The minimum atomic E-state index is -0.126. The van der Waals surface area contributed by atoms with Crippen LogP contribution in [0.15, 0.2) is 59.7 Å². The summed E-state index contributed by atoms with van der Waals surface area (Å²) < 4.78 is 1.48. The average molecular weight is 349 g/mol. The number of aromatic nitrogens is 2. The van der Waals surface area contributed by atoms with E-state index in [0.717, 1.165) is 11.3 Å². The molecular formula is C21H23N3O2. The number of para-hydroxylation sites is 2. The third-order valence-corrected chi connectivity index (χ3v) is 4.32. The topological polar surface area (TPSA) is 64.0 Å². The Bertz CT molecular complexity index is 1000. The number of benzene rings is 2. The number of carbonyl (C=O) groups is 1. The summed E-state index contributed by atoms with van der Waals surface area (Å²) >= 11 is 0. The highest BCUT2D eigenvalue weighted by Crippen LogP contribution is 2.29. The molecule has 0 aliphatic rings. The molecule has 0 unspecified atom stereocenters. The van der Waals surface area contributed by atoms with E-state index in [1.54, 1.807) is 12.1 Å². The molecule has 5 heteroatoms. The smallest absolute Gasteiger partial charge is 0.261 e. The molecule has 1 aromatic heterocycles. The van der Waals surface area contributed by atoms with Crippen LogP contribution in [0.5, 0.6) is 0 Å². The van der Waals surface area contributed by atoms with Gasteiger partial charge in [0, 0.05) is 18.7 Å². The summed E-state index contributed by atoms with van der Waals surface area (Å²) in [4.78, 5) is 29.2. The number of amides is 1. The number of nitrogens with zero attached hydrogens (tertiary/aromatic N) is 2. The molecule has 1 heterocycles. The third kappa shape index (κ3) is 3.82. The maximum absolute atomic E-state index is 12.5. The number of anilines is 1. The number of rotatable bonds is 4. The van der Waals surface area contributed by atoms with Crippen LogP contribution >= 0.6 is 0 Å². The maximum Gasteiger partial charge on any atom is 0.261 e. The predicted molar refractivity (Wildman–Crippen MR) is 104 cm³/mol. The first kappa shape index (κ1) is 17.9. The summed E-state index contributed by atoms with van der Waals surface area (Å²) in [6, 6.07) is 15.0. The van der Waals surface area contributed by atoms with Crippen molar-refractivity contribution in [2.45, 2.75) is 39.2 Å². The van der Waals surface area contributed by atoms with Crippen molar-refractivity contribution in [3.8, 4) is 0 Å². The fourth-order valence-electron chi connectivity index (χ4n) is 2.95. The van der Waals surface area contributed by atoms with E-state index in [2.05, 4.69) is 31.1 Å². The van der Waals surface area contributed by atoms with Crippen molar-refractivity contribution in [2.24, 2.45) is 0 Å². The van der Waals surface area contributed by atoms with E-state index in [1.807, 2.05) is 36.4 Å². The van der Waals surface area contributed by atoms with Crippen LogP contribution < -0.4 is 10.9 Å². The highest BCUT2D eigenvalue weighted by molar-refractivity contribution is 5.91. The zero-order valence-corrected chi connectivity index (χ0v) is 15.3. The normalized spacial score (nSPS) is 11.5. The third-order valence-electron chi connectivity index (χ3n) is 4.32. The Morgan fingerprint density at radius 3 is 2.54 bits per heavy atom. The molecule has 1 amide bonds. The van der Waals surface area contributed by atoms with E-state index >= 15 is 0 Å². The van der Waals surface area contributed by atoms with Gasteiger partial charge in [0.1, 0.15) is 0 Å². The Hall–Kier alpha value is -2.95. The molecule has 134 valence electrons. The van der Waals surface area contributed by atoms with Gasteiger partial charge in [-0.1, -0.05) is 51.1 Å². The second-order valence-electron chi connectivity index (χ2n) is 7.35. The molecule has 0 bridgehead atoms. The lowest BCUT2D eigenvalue weighted by Gasteiger charge is -2.23. The van der Waals surface area contributed by atoms with Gasteiger partial charge in [0.05, 0.1) is 17.2 Å². The number of carbonyl (C=O) groups excluding carboxylic acids is 1. The highest BCUT2D eigenvalue weighted by atomic mass is 16.2. The van der Waals surface area contributed by atoms with Gasteiger partial charge in [-0.2, -0.15) is 0 Å². The van der Waals surface area contributed by atoms with E-state index in [1.165, 1.54) is 10.9 Å². The van der Waals surface area contributed by atoms with Crippen LogP contribution in [0.4, 0.5) is 5.69 Å². The molecule has 0 radical (unpaired) electrons. The molecular weight excluding hydrogens is 326 g/mol. The standard InChI is InChI=1S/C21H23N3O2/c1-21(2,3)16-9-5-7-11-18(16)23-19(25)12-13-24-14-22-17-10-6-4-8-15(17)20(24)26/h4-11,14H,12-13H2,1-3H3,(H,23,25). The molecule has 2 aromatic carbocycles. The van der Waals surface area contributed by atoms with E-state index in [9.17, 15) is 9.59 Å². The van der Waals surface area contributed by atoms with Gasteiger partial charge in [0.25, 0.3) is 5.56 Å². The van der Waals surface area contributed by atoms with Crippen molar-refractivity contribution in [3.05, 3.63) is 70.8 Å². The molecule has 3 rings (SSSR count). The number of hydrogen-bond acceptors (Lipinski definition) is 3. The largest absolute Gasteiger partial charge is 0.326 e. The minimum Gasteiger partial charge on any atom is -0.326 e. The van der Waals surface area contributed by atoms with Crippen molar-refractivity contribution in [1.82, 2.24) is 9.55 Å². The van der Waals surface area contributed by atoms with Crippen LogP contribution in [0.2, 0.25) is 0 Å². The maximum atomic E-state index is 12.5. The van der Waals surface area contributed by atoms with Gasteiger partial charge >= 0.3 is 0 Å². The van der Waals surface area contributed by atoms with Gasteiger partial charge in [-0.3, -0.25) is 14.2 Å². The van der Waals surface area contributed by atoms with Crippen LogP contribution in [0.1, 0.15) is 32.8 Å². The number of aryl methyl sites for hydroxylation is 1. The molecule has 0 fully saturated rings. The molecule has 0 spiro atoms. The molecule has 26 heavy (non-hydrogen) atoms. The predicted octanol–water partition coefficient (Wildman–Crippen LogP) is 3.72. The van der Waals surface area contributed by atoms with Gasteiger partial charge < -0.3 is 5.32 Å². The van der Waals surface area contributed by atoms with Crippen LogP contribution in [0, 0.1) is 0 Å². The molecule has 0 saturated carbocycles. The van der Waals surface area contributed by atoms with E-state index in [-0.39, 0.29) is 23.3 Å². The van der Waals surface area contributed by atoms with E-state index in [0.29, 0.717) is 17.4 Å². The SMILES string of the molecule is CC(C)(C)c1ccccc1NC(=O)CCn1cnc2ccccc2c1=O. The molecule has 3 aromatic rings. The first-order valence-electron chi connectivity index (χ1n) is 8.70. The molecule has 0 aliphatic carbocycles. The van der Waals surface area contributed by atoms with Crippen LogP contribution in [0.3, 0.4) is 0 Å². The fourth-order valence-corrected chi connectivity index (χ4v) is 2.95. The first-order valence-corrected chi connectivity index (χ1v) is 8.70. The van der Waals surface area contributed by atoms with Crippen molar-refractivity contribution in [1.29, 1.82) is 0 Å². The van der Waals surface area contributed by atoms with Crippen molar-refractivity contribution < 1.29 is 4.79 Å². The molecule has 1 N–H and O–H groups in total. The van der Waals surface area contributed by atoms with Crippen LogP contribution in [0.25, 0.3) is 10.9 Å². The summed E-state index contributed by atoms with van der Waals surface area (Å²) in [5.41, 5.74) is 2.37. The molecule has 0 atom stereocenters. The Morgan fingerprint density at radius 2 is 1.77 bits per heavy atom. The van der Waals surface area contributed by atoms with Crippen molar-refractivity contribution >= 4 is 22.5 Å². The van der Waals surface area contributed by atoms with Crippen LogP contribution in [-0.2, 0) is 16.8 Å². The summed E-state index contributed by atoms with van der Waals surface area (Å²) in [6.07, 6.45) is 1.71. The fraction of sp³-hybridized carbons (Fsp3) is 0.286. The number of nitrogens with one attached hydrogen (secondary N) is 1. The lowest BCUT2D eigenvalue weighted by molar-refractivity contribution is -0.116. The van der Waals surface area contributed by atoms with E-state index < -0.39 is 0 Å². The Balaban J connectivity index is 1.73. The number of fused-ring (bicyclic) bond motifs is 1. The Labute approximate surface area is 152 Å². The zero-order valence-electron chi connectivity index (χ0n) is 15.3. The Morgan fingerprint density at radius 1 is 1.08 bits per heavy atom. The van der Waals surface area contributed by atoms with Crippen LogP contribution in [-0.4, -0.2) is 15.5 Å². The zero-order chi connectivity index (χ0) is 18.7. The second-order valence-corrected chi connectivity index (χ2v) is 7.35. The number of hydrogen-bond donors (Lipinski definition) is 1. The average Bonchev–Trinajstić information content (AvgIpc) is 2.61. The van der Waals surface area contributed by atoms with Gasteiger partial charge in [0.15, 0.2) is 0 Å². The highest BCUT2D eigenvalue weighted by Gasteiger charge is 2.18. The van der Waals surface area contributed by atoms with E-state index in [4.69, 9.17) is 0 Å². The summed E-state index contributed by atoms with van der Waals surface area (Å²) in [5.74, 6) is -0.123. The lowest BCUT2D eigenvalue weighted by atomic mass is 9.86. The summed E-state index contributed by atoms with van der Waals surface area (Å²) in [5, 5.41) is 3.53. The summed E-state index contributed by atoms with van der Waals surface area (Å²) in [7, 11) is 0.